The summed E-state index contributed by atoms with van der Waals surface area (Å²) in [5.74, 6) is -1.000. The van der Waals surface area contributed by atoms with E-state index >= 15 is 0 Å². The van der Waals surface area contributed by atoms with Crippen molar-refractivity contribution in [3.63, 3.8) is 0 Å². The molecule has 0 atom stereocenters. The summed E-state index contributed by atoms with van der Waals surface area (Å²) in [5.41, 5.74) is -2.23. The predicted octanol–water partition coefficient (Wildman–Crippen LogP) is 3.19. The maximum atomic E-state index is 13.3. The van der Waals surface area contributed by atoms with Crippen molar-refractivity contribution in [1.82, 2.24) is 14.1 Å². The highest BCUT2D eigenvalue weighted by Crippen LogP contribution is 2.35. The first-order valence-corrected chi connectivity index (χ1v) is 9.34. The molecule has 0 amide bonds. The highest BCUT2D eigenvalue weighted by molar-refractivity contribution is 6.17. The minimum atomic E-state index is -4.56. The van der Waals surface area contributed by atoms with Gasteiger partial charge >= 0.3 is 11.9 Å². The second kappa shape index (κ2) is 7.26. The number of aromatic nitrogens is 3. The van der Waals surface area contributed by atoms with Crippen molar-refractivity contribution in [1.29, 1.82) is 0 Å². The lowest BCUT2D eigenvalue weighted by atomic mass is 9.97. The number of para-hydroxylation sites is 1. The number of aromatic hydroxyl groups is 1. The van der Waals surface area contributed by atoms with E-state index in [0.717, 1.165) is 33.4 Å². The van der Waals surface area contributed by atoms with Gasteiger partial charge in [0.1, 0.15) is 11.4 Å². The third kappa shape index (κ3) is 3.20. The van der Waals surface area contributed by atoms with E-state index in [0.29, 0.717) is 0 Å². The number of phenolic OH excluding ortho intramolecular Hbond substituents is 1. The van der Waals surface area contributed by atoms with Gasteiger partial charge in [-0.3, -0.25) is 18.7 Å². The standard InChI is InChI=1S/C22H16F3N3O4/c1-27-19-16(20(31)28(2)21(27)32)15(11-7-9-12(10-8-11)22(23,24)25)17(26-19)18(30)13-5-3-4-6-14(13)29/h3-10,26,29H,1-2H3. The van der Waals surface area contributed by atoms with E-state index < -0.39 is 28.8 Å². The summed E-state index contributed by atoms with van der Waals surface area (Å²) in [4.78, 5) is 41.4. The maximum Gasteiger partial charge on any atom is 0.416 e. The molecule has 0 aliphatic rings. The highest BCUT2D eigenvalue weighted by Gasteiger charge is 2.31. The minimum absolute atomic E-state index is 0.0340. The number of halogens is 3. The number of hydrogen-bond acceptors (Lipinski definition) is 4. The Morgan fingerprint density at radius 3 is 2.19 bits per heavy atom. The van der Waals surface area contributed by atoms with Gasteiger partial charge in [0.2, 0.25) is 5.78 Å². The Labute approximate surface area is 178 Å². The molecule has 2 heterocycles. The molecule has 0 spiro atoms. The molecule has 0 fully saturated rings. The molecule has 0 aliphatic heterocycles. The van der Waals surface area contributed by atoms with E-state index in [4.69, 9.17) is 0 Å². The molecule has 4 rings (SSSR count). The van der Waals surface area contributed by atoms with Crippen LogP contribution in [0.1, 0.15) is 21.6 Å². The first kappa shape index (κ1) is 21.2. The molecule has 0 aliphatic carbocycles. The van der Waals surface area contributed by atoms with Gasteiger partial charge in [-0.05, 0) is 29.8 Å². The first-order chi connectivity index (χ1) is 15.0. The number of phenols is 1. The lowest BCUT2D eigenvalue weighted by Crippen LogP contribution is -2.36. The van der Waals surface area contributed by atoms with Gasteiger partial charge in [0.25, 0.3) is 5.56 Å². The number of H-pyrrole nitrogens is 1. The number of carbonyl (C=O) groups is 1. The normalized spacial score (nSPS) is 11.8. The van der Waals surface area contributed by atoms with Crippen LogP contribution in [0, 0.1) is 0 Å². The van der Waals surface area contributed by atoms with Gasteiger partial charge in [0, 0.05) is 19.7 Å². The van der Waals surface area contributed by atoms with Crippen LogP contribution in [0.2, 0.25) is 0 Å². The van der Waals surface area contributed by atoms with Crippen molar-refractivity contribution in [3.05, 3.63) is 86.2 Å². The Bertz CT molecular complexity index is 1490. The molecule has 0 radical (unpaired) electrons. The first-order valence-electron chi connectivity index (χ1n) is 9.34. The number of carbonyl (C=O) groups excluding carboxylic acids is 1. The zero-order valence-corrected chi connectivity index (χ0v) is 16.8. The molecule has 4 aromatic rings. The van der Waals surface area contributed by atoms with Gasteiger partial charge in [-0.15, -0.1) is 0 Å². The molecular formula is C22H16F3N3O4. The van der Waals surface area contributed by atoms with E-state index in [1.165, 1.54) is 38.4 Å². The number of ketones is 1. The lowest BCUT2D eigenvalue weighted by molar-refractivity contribution is -0.137. The second-order valence-electron chi connectivity index (χ2n) is 7.23. The number of aryl methyl sites for hydroxylation is 1. The van der Waals surface area contributed by atoms with E-state index in [2.05, 4.69) is 4.98 Å². The predicted molar refractivity (Wildman–Crippen MR) is 111 cm³/mol. The van der Waals surface area contributed by atoms with Crippen molar-refractivity contribution in [2.24, 2.45) is 14.1 Å². The zero-order chi connectivity index (χ0) is 23.4. The van der Waals surface area contributed by atoms with Gasteiger partial charge in [-0.25, -0.2) is 4.79 Å². The van der Waals surface area contributed by atoms with Crippen LogP contribution in [0.15, 0.2) is 58.1 Å². The van der Waals surface area contributed by atoms with Crippen LogP contribution in [0.25, 0.3) is 22.2 Å². The summed E-state index contributed by atoms with van der Waals surface area (Å²) in [6, 6.07) is 9.72. The molecule has 10 heteroatoms. The molecule has 2 N–H and O–H groups in total. The van der Waals surface area contributed by atoms with Crippen LogP contribution in [0.5, 0.6) is 5.75 Å². The molecule has 2 aromatic heterocycles. The Hall–Kier alpha value is -4.08. The largest absolute Gasteiger partial charge is 0.507 e. The van der Waals surface area contributed by atoms with E-state index in [1.54, 1.807) is 0 Å². The Balaban J connectivity index is 2.09. The third-order valence-electron chi connectivity index (χ3n) is 5.28. The molecule has 32 heavy (non-hydrogen) atoms. The summed E-state index contributed by atoms with van der Waals surface area (Å²) in [7, 11) is 2.66. The summed E-state index contributed by atoms with van der Waals surface area (Å²) in [5, 5.41) is 10.1. The number of fused-ring (bicyclic) bond motifs is 1. The van der Waals surface area contributed by atoms with Crippen LogP contribution in [0.4, 0.5) is 13.2 Å². The van der Waals surface area contributed by atoms with Gasteiger partial charge in [-0.2, -0.15) is 13.2 Å². The number of hydrogen-bond donors (Lipinski definition) is 2. The van der Waals surface area contributed by atoms with Crippen molar-refractivity contribution < 1.29 is 23.1 Å². The number of nitrogens with zero attached hydrogens (tertiary/aromatic N) is 2. The fourth-order valence-electron chi connectivity index (χ4n) is 3.61. The van der Waals surface area contributed by atoms with E-state index in [-0.39, 0.29) is 39.2 Å². The molecule has 0 saturated carbocycles. The molecule has 2 aromatic carbocycles. The van der Waals surface area contributed by atoms with Crippen molar-refractivity contribution >= 4 is 16.8 Å². The SMILES string of the molecule is Cn1c(=O)c2c(-c3ccc(C(F)(F)F)cc3)c(C(=O)c3ccccc3O)[nH]c2n(C)c1=O. The molecule has 7 nitrogen and oxygen atoms in total. The third-order valence-corrected chi connectivity index (χ3v) is 5.28. The van der Waals surface area contributed by atoms with Crippen molar-refractivity contribution in [3.8, 4) is 16.9 Å². The topological polar surface area (TPSA) is 97.1 Å². The Kier molecular flexibility index (Phi) is 4.80. The fraction of sp³-hybridized carbons (Fsp3) is 0.136. The summed E-state index contributed by atoms with van der Waals surface area (Å²) < 4.78 is 41.0. The number of aromatic amines is 1. The van der Waals surface area contributed by atoms with Crippen LogP contribution < -0.4 is 11.2 Å². The number of rotatable bonds is 3. The van der Waals surface area contributed by atoms with E-state index in [9.17, 15) is 32.7 Å². The van der Waals surface area contributed by atoms with Crippen LogP contribution in [-0.2, 0) is 20.3 Å². The van der Waals surface area contributed by atoms with Crippen LogP contribution >= 0.6 is 0 Å². The minimum Gasteiger partial charge on any atom is -0.507 e. The van der Waals surface area contributed by atoms with E-state index in [1.807, 2.05) is 0 Å². The van der Waals surface area contributed by atoms with Gasteiger partial charge < -0.3 is 10.1 Å². The van der Waals surface area contributed by atoms with Crippen LogP contribution in [-0.4, -0.2) is 25.0 Å². The van der Waals surface area contributed by atoms with Crippen molar-refractivity contribution in [2.75, 3.05) is 0 Å². The number of nitrogens with one attached hydrogen (secondary N) is 1. The molecule has 0 bridgehead atoms. The lowest BCUT2D eigenvalue weighted by Gasteiger charge is -2.09. The number of benzene rings is 2. The van der Waals surface area contributed by atoms with Gasteiger partial charge in [-0.1, -0.05) is 24.3 Å². The Morgan fingerprint density at radius 1 is 0.969 bits per heavy atom. The maximum absolute atomic E-state index is 13.3. The molecule has 0 unspecified atom stereocenters. The summed E-state index contributed by atoms with van der Waals surface area (Å²) in [6.45, 7) is 0. The van der Waals surface area contributed by atoms with Gasteiger partial charge in [0.15, 0.2) is 0 Å². The summed E-state index contributed by atoms with van der Waals surface area (Å²) >= 11 is 0. The van der Waals surface area contributed by atoms with Crippen LogP contribution in [0.3, 0.4) is 0 Å². The van der Waals surface area contributed by atoms with Gasteiger partial charge in [0.05, 0.1) is 22.2 Å². The molecular weight excluding hydrogens is 427 g/mol. The quantitative estimate of drug-likeness (QED) is 0.476. The van der Waals surface area contributed by atoms with Crippen molar-refractivity contribution in [2.45, 2.75) is 6.18 Å². The fourth-order valence-corrected chi connectivity index (χ4v) is 3.61. The summed E-state index contributed by atoms with van der Waals surface area (Å²) in [6.07, 6.45) is -4.56. The average Bonchev–Trinajstić information content (AvgIpc) is 3.16. The average molecular weight is 443 g/mol. The smallest absolute Gasteiger partial charge is 0.416 e. The zero-order valence-electron chi connectivity index (χ0n) is 16.8. The Morgan fingerprint density at radius 2 is 1.59 bits per heavy atom. The monoisotopic (exact) mass is 443 g/mol. The molecule has 0 saturated heterocycles. The second-order valence-corrected chi connectivity index (χ2v) is 7.23. The molecule has 164 valence electrons. The number of alkyl halides is 3. The highest BCUT2D eigenvalue weighted by atomic mass is 19.4.